The zero-order chi connectivity index (χ0) is 37.0. The Labute approximate surface area is 307 Å². The molecule has 0 bridgehead atoms. The average molecular weight is 693 g/mol. The number of carbonyl (C=O) groups is 1. The molecular weight excluding hydrogens is 633 g/mol. The quantitative estimate of drug-likeness (QED) is 0.105. The lowest BCUT2D eigenvalue weighted by Crippen LogP contribution is -2.35. The van der Waals surface area contributed by atoms with Gasteiger partial charge in [0, 0.05) is 24.3 Å². The molecule has 0 heterocycles. The maximum absolute atomic E-state index is 13.8. The number of amides is 2. The van der Waals surface area contributed by atoms with Crippen molar-refractivity contribution < 1.29 is 19.0 Å². The molecule has 4 aromatic rings. The number of nitrogens with zero attached hydrogens (tertiary/aromatic N) is 1. The molecule has 0 saturated carbocycles. The molecule has 0 fully saturated rings. The van der Waals surface area contributed by atoms with Crippen LogP contribution in [0.5, 0.6) is 17.2 Å². The highest BCUT2D eigenvalue weighted by Crippen LogP contribution is 2.38. The molecule has 0 aliphatic heterocycles. The summed E-state index contributed by atoms with van der Waals surface area (Å²) in [6, 6.07) is 30.6. The molecule has 6 heteroatoms. The number of carbonyl (C=O) groups excluding carboxylic acids is 1. The number of benzene rings is 4. The number of hydrogen-bond acceptors (Lipinski definition) is 4. The lowest BCUT2D eigenvalue weighted by molar-refractivity contribution is 0.205. The number of ether oxygens (including phenoxy) is 3. The van der Waals surface area contributed by atoms with E-state index >= 15 is 0 Å². The topological polar surface area (TPSA) is 60.0 Å². The Bertz CT molecular complexity index is 1680. The number of unbranched alkanes of at least 4 members (excludes halogenated alkanes) is 1. The van der Waals surface area contributed by atoms with E-state index in [9.17, 15) is 4.79 Å². The number of anilines is 1. The second kappa shape index (κ2) is 18.2. The summed E-state index contributed by atoms with van der Waals surface area (Å²) < 4.78 is 18.3. The molecule has 4 aromatic carbocycles. The zero-order valence-electron chi connectivity index (χ0n) is 32.5. The van der Waals surface area contributed by atoms with E-state index in [0.717, 1.165) is 48.2 Å². The summed E-state index contributed by atoms with van der Waals surface area (Å²) in [5.74, 6) is 2.69. The van der Waals surface area contributed by atoms with E-state index < -0.39 is 0 Å². The van der Waals surface area contributed by atoms with E-state index in [2.05, 4.69) is 91.0 Å². The van der Waals surface area contributed by atoms with Gasteiger partial charge in [0.1, 0.15) is 12.4 Å². The monoisotopic (exact) mass is 692 g/mol. The van der Waals surface area contributed by atoms with Crippen LogP contribution in [-0.4, -0.2) is 31.2 Å². The predicted molar refractivity (Wildman–Crippen MR) is 212 cm³/mol. The third-order valence-corrected chi connectivity index (χ3v) is 10.3. The van der Waals surface area contributed by atoms with Crippen LogP contribution in [0, 0.1) is 0 Å². The van der Waals surface area contributed by atoms with Gasteiger partial charge in [-0.25, -0.2) is 4.79 Å². The van der Waals surface area contributed by atoms with Crippen molar-refractivity contribution in [2.75, 3.05) is 25.6 Å². The normalized spacial score (nSPS) is 11.7. The van der Waals surface area contributed by atoms with Crippen LogP contribution in [0.3, 0.4) is 0 Å². The Balaban J connectivity index is 1.47. The van der Waals surface area contributed by atoms with Gasteiger partial charge in [-0.1, -0.05) is 116 Å². The van der Waals surface area contributed by atoms with Crippen LogP contribution >= 0.6 is 0 Å². The summed E-state index contributed by atoms with van der Waals surface area (Å²) in [4.78, 5) is 15.7. The van der Waals surface area contributed by atoms with Gasteiger partial charge in [-0.05, 0) is 95.0 Å². The molecule has 0 aliphatic carbocycles. The lowest BCUT2D eigenvalue weighted by atomic mass is 9.76. The second-order valence-electron chi connectivity index (χ2n) is 15.1. The van der Waals surface area contributed by atoms with Crippen molar-refractivity contribution in [3.8, 4) is 17.2 Å². The molecule has 0 aromatic heterocycles. The van der Waals surface area contributed by atoms with Crippen molar-refractivity contribution in [2.45, 2.75) is 111 Å². The van der Waals surface area contributed by atoms with Gasteiger partial charge in [-0.2, -0.15) is 0 Å². The van der Waals surface area contributed by atoms with Crippen LogP contribution in [0.15, 0.2) is 91.0 Å². The van der Waals surface area contributed by atoms with Crippen LogP contribution in [-0.2, 0) is 24.0 Å². The van der Waals surface area contributed by atoms with Crippen LogP contribution in [0.2, 0.25) is 0 Å². The minimum atomic E-state index is -0.142. The van der Waals surface area contributed by atoms with Crippen LogP contribution in [0.25, 0.3) is 0 Å². The van der Waals surface area contributed by atoms with Gasteiger partial charge in [-0.3, -0.25) is 0 Å². The Morgan fingerprint density at radius 1 is 0.745 bits per heavy atom. The first-order valence-electron chi connectivity index (χ1n) is 18.6. The molecule has 1 N–H and O–H groups in total. The van der Waals surface area contributed by atoms with E-state index in [-0.39, 0.29) is 16.9 Å². The van der Waals surface area contributed by atoms with Crippen molar-refractivity contribution in [3.05, 3.63) is 119 Å². The van der Waals surface area contributed by atoms with Gasteiger partial charge in [0.05, 0.1) is 13.7 Å². The van der Waals surface area contributed by atoms with E-state index in [4.69, 9.17) is 14.2 Å². The van der Waals surface area contributed by atoms with Gasteiger partial charge >= 0.3 is 6.03 Å². The highest BCUT2D eigenvalue weighted by molar-refractivity contribution is 5.89. The van der Waals surface area contributed by atoms with Gasteiger partial charge in [-0.15, -0.1) is 0 Å². The fraction of sp³-hybridized carbons (Fsp3) is 0.444. The first kappa shape index (κ1) is 39.3. The van der Waals surface area contributed by atoms with Crippen LogP contribution in [0.1, 0.15) is 115 Å². The van der Waals surface area contributed by atoms with Crippen molar-refractivity contribution in [3.63, 3.8) is 0 Å². The van der Waals surface area contributed by atoms with E-state index in [0.29, 0.717) is 43.7 Å². The van der Waals surface area contributed by atoms with Crippen molar-refractivity contribution in [2.24, 2.45) is 0 Å². The summed E-state index contributed by atoms with van der Waals surface area (Å²) in [6.45, 7) is 20.0. The Morgan fingerprint density at radius 2 is 1.43 bits per heavy atom. The van der Waals surface area contributed by atoms with Crippen molar-refractivity contribution >= 4 is 11.7 Å². The molecule has 4 rings (SSSR count). The predicted octanol–water partition coefficient (Wildman–Crippen LogP) is 11.7. The molecule has 0 unspecified atom stereocenters. The van der Waals surface area contributed by atoms with Gasteiger partial charge in [0.15, 0.2) is 11.5 Å². The Kier molecular flexibility index (Phi) is 14.0. The standard InChI is InChI=1S/C45H60N2O4/c1-10-44(5,6)37-22-26-40(39(30-37)45(7,8)11-2)50-28-16-15-27-47(43(48)46-38-23-20-36(21-24-38)33(3)4)31-35-19-25-41(49-9)42(29-35)51-32-34-17-13-12-14-18-34/h12-14,17-26,29-30,33H,10-11,15-16,27-28,31-32H2,1-9H3,(H,46,48). The minimum Gasteiger partial charge on any atom is -0.493 e. The molecule has 274 valence electrons. The summed E-state index contributed by atoms with van der Waals surface area (Å²) in [7, 11) is 1.64. The Hall–Kier alpha value is -4.45. The average Bonchev–Trinajstić information content (AvgIpc) is 3.13. The summed E-state index contributed by atoms with van der Waals surface area (Å²) >= 11 is 0. The molecule has 0 saturated heterocycles. The molecule has 51 heavy (non-hydrogen) atoms. The fourth-order valence-electron chi connectivity index (χ4n) is 5.88. The first-order valence-corrected chi connectivity index (χ1v) is 18.6. The Morgan fingerprint density at radius 3 is 2.08 bits per heavy atom. The number of urea groups is 1. The summed E-state index contributed by atoms with van der Waals surface area (Å²) in [6.07, 6.45) is 3.70. The minimum absolute atomic E-state index is 0.000543. The molecule has 2 amide bonds. The fourth-order valence-corrected chi connectivity index (χ4v) is 5.88. The smallest absolute Gasteiger partial charge is 0.322 e. The van der Waals surface area contributed by atoms with E-state index in [1.54, 1.807) is 7.11 Å². The maximum atomic E-state index is 13.8. The number of methoxy groups -OCH3 is 1. The second-order valence-corrected chi connectivity index (χ2v) is 15.1. The zero-order valence-corrected chi connectivity index (χ0v) is 32.5. The summed E-state index contributed by atoms with van der Waals surface area (Å²) in [5, 5.41) is 3.13. The molecule has 6 nitrogen and oxygen atoms in total. The van der Waals surface area contributed by atoms with Crippen LogP contribution < -0.4 is 19.5 Å². The maximum Gasteiger partial charge on any atom is 0.322 e. The first-order chi connectivity index (χ1) is 24.4. The van der Waals surface area contributed by atoms with Crippen LogP contribution in [0.4, 0.5) is 10.5 Å². The van der Waals surface area contributed by atoms with Gasteiger partial charge in [0.25, 0.3) is 0 Å². The van der Waals surface area contributed by atoms with Gasteiger partial charge < -0.3 is 24.4 Å². The highest BCUT2D eigenvalue weighted by Gasteiger charge is 2.26. The van der Waals surface area contributed by atoms with E-state index in [1.807, 2.05) is 65.6 Å². The van der Waals surface area contributed by atoms with Gasteiger partial charge in [0.2, 0.25) is 0 Å². The lowest BCUT2D eigenvalue weighted by Gasteiger charge is -2.30. The molecular formula is C45H60N2O4. The third-order valence-electron chi connectivity index (χ3n) is 10.3. The van der Waals surface area contributed by atoms with E-state index in [1.165, 1.54) is 16.7 Å². The summed E-state index contributed by atoms with van der Waals surface area (Å²) in [5.41, 5.74) is 6.76. The van der Waals surface area contributed by atoms with Crippen molar-refractivity contribution in [1.82, 2.24) is 4.90 Å². The molecule has 0 spiro atoms. The SMILES string of the molecule is CCC(C)(C)c1ccc(OCCCCN(Cc2ccc(OC)c(OCc3ccccc3)c2)C(=O)Nc2ccc(C(C)C)cc2)c(C(C)(C)CC)c1. The number of rotatable bonds is 18. The molecule has 0 aliphatic rings. The third kappa shape index (κ3) is 11.0. The van der Waals surface area contributed by atoms with Crippen molar-refractivity contribution in [1.29, 1.82) is 0 Å². The number of hydrogen-bond donors (Lipinski definition) is 1. The largest absolute Gasteiger partial charge is 0.493 e. The number of nitrogens with one attached hydrogen (secondary N) is 1. The highest BCUT2D eigenvalue weighted by atomic mass is 16.5. The molecule has 0 radical (unpaired) electrons. The molecule has 0 atom stereocenters.